The minimum absolute atomic E-state index is 0.0840. The van der Waals surface area contributed by atoms with Crippen molar-refractivity contribution >= 4 is 37.5 Å². The second-order valence-electron chi connectivity index (χ2n) is 10.1. The summed E-state index contributed by atoms with van der Waals surface area (Å²) >= 11 is 5.96. The molecule has 204 valence electrons. The maximum Gasteiger partial charge on any atom is 0.579 e. The number of aromatic nitrogens is 2. The van der Waals surface area contributed by atoms with E-state index in [0.717, 1.165) is 0 Å². The summed E-state index contributed by atoms with van der Waals surface area (Å²) in [5, 5.41) is 0.106. The summed E-state index contributed by atoms with van der Waals surface area (Å²) in [7, 11) is -4.11. The smallest absolute Gasteiger partial charge is 0.433 e. The van der Waals surface area contributed by atoms with Crippen LogP contribution < -0.4 is 11.4 Å². The van der Waals surface area contributed by atoms with Crippen molar-refractivity contribution in [3.05, 3.63) is 21.7 Å². The van der Waals surface area contributed by atoms with Crippen LogP contribution in [0.3, 0.4) is 0 Å². The molecular weight excluding hydrogens is 521 g/mol. The predicted octanol–water partition coefficient (Wildman–Crippen LogP) is 2.97. The number of hydrogen-bond acceptors (Lipinski definition) is 12. The van der Waals surface area contributed by atoms with Gasteiger partial charge < -0.3 is 19.9 Å². The first-order valence-electron chi connectivity index (χ1n) is 11.1. The molecule has 15 heteroatoms. The number of nitrogens with zero attached hydrogens (tertiary/aromatic N) is 2. The Morgan fingerprint density at radius 2 is 1.64 bits per heavy atom. The number of hydrogen-bond donors (Lipinski definition) is 2. The molecule has 1 saturated heterocycles. The summed E-state index contributed by atoms with van der Waals surface area (Å²) in [4.78, 5) is 50.5. The Balaban J connectivity index is 1.99. The third-order valence-corrected chi connectivity index (χ3v) is 6.42. The van der Waals surface area contributed by atoms with Gasteiger partial charge in [0.15, 0.2) is 0 Å². The minimum atomic E-state index is -4.11. The second-order valence-corrected chi connectivity index (χ2v) is 12.2. The molecule has 13 nitrogen and oxygen atoms in total. The van der Waals surface area contributed by atoms with Crippen LogP contribution in [0.1, 0.15) is 60.6 Å². The lowest BCUT2D eigenvalue weighted by Crippen LogP contribution is -2.28. The average Bonchev–Trinajstić information content (AvgIpc) is 3.22. The van der Waals surface area contributed by atoms with E-state index < -0.39 is 62.5 Å². The van der Waals surface area contributed by atoms with Crippen LogP contribution in [0, 0.1) is 10.8 Å². The van der Waals surface area contributed by atoms with E-state index in [1.807, 2.05) is 0 Å². The van der Waals surface area contributed by atoms with E-state index in [-0.39, 0.29) is 17.4 Å². The summed E-state index contributed by atoms with van der Waals surface area (Å²) in [6.45, 7) is 8.39. The number of ether oxygens (including phenoxy) is 3. The Bertz CT molecular complexity index is 960. The average molecular weight is 555 g/mol. The van der Waals surface area contributed by atoms with Crippen LogP contribution in [0.5, 0.6) is 0 Å². The number of rotatable bonds is 10. The van der Waals surface area contributed by atoms with Crippen molar-refractivity contribution in [2.75, 3.05) is 25.9 Å². The van der Waals surface area contributed by atoms with Gasteiger partial charge in [0, 0.05) is 6.20 Å². The van der Waals surface area contributed by atoms with Gasteiger partial charge in [0.1, 0.15) is 18.7 Å². The number of halogens is 1. The van der Waals surface area contributed by atoms with E-state index in [4.69, 9.17) is 45.1 Å². The van der Waals surface area contributed by atoms with Gasteiger partial charge in [-0.1, -0.05) is 11.6 Å². The Kier molecular flexibility index (Phi) is 10.2. The molecule has 0 spiro atoms. The normalized spacial score (nSPS) is 18.8. The molecule has 1 aliphatic heterocycles. The largest absolute Gasteiger partial charge is 0.579 e. The molecule has 3 N–H and O–H groups in total. The van der Waals surface area contributed by atoms with Gasteiger partial charge in [0.25, 0.3) is 0 Å². The third kappa shape index (κ3) is 8.91. The summed E-state index contributed by atoms with van der Waals surface area (Å²) < 4.78 is 32.9. The topological polar surface area (TPSA) is 171 Å². The maximum atomic E-state index is 12.1. The molecule has 0 saturated carbocycles. The van der Waals surface area contributed by atoms with Crippen molar-refractivity contribution in [2.24, 2.45) is 10.8 Å². The molecule has 2 atom stereocenters. The molecule has 1 aromatic rings. The number of carbonyl (C=O) groups is 2. The lowest BCUT2D eigenvalue weighted by atomic mass is 9.98. The fourth-order valence-corrected chi connectivity index (χ4v) is 3.79. The van der Waals surface area contributed by atoms with Crippen LogP contribution in [0.25, 0.3) is 0 Å². The highest BCUT2D eigenvalue weighted by molar-refractivity contribution is 7.55. The van der Waals surface area contributed by atoms with Crippen LogP contribution in [-0.2, 0) is 37.4 Å². The Morgan fingerprint density at radius 1 is 1.11 bits per heavy atom. The number of esters is 2. The summed E-state index contributed by atoms with van der Waals surface area (Å²) in [6.07, 6.45) is 0.984. The molecule has 0 radical (unpaired) electrons. The van der Waals surface area contributed by atoms with Crippen molar-refractivity contribution < 1.29 is 42.3 Å². The van der Waals surface area contributed by atoms with Crippen molar-refractivity contribution in [3.63, 3.8) is 0 Å². The van der Waals surface area contributed by atoms with Gasteiger partial charge in [-0.15, -0.1) is 9.05 Å². The zero-order chi connectivity index (χ0) is 27.3. The molecule has 0 aromatic carbocycles. The van der Waals surface area contributed by atoms with Gasteiger partial charge in [-0.3, -0.25) is 14.2 Å². The van der Waals surface area contributed by atoms with Crippen LogP contribution in [0.4, 0.5) is 5.82 Å². The first-order valence-corrected chi connectivity index (χ1v) is 13.0. The van der Waals surface area contributed by atoms with E-state index in [0.29, 0.717) is 12.8 Å². The standard InChI is InChI=1S/C21H33ClN3O10P/c1-20(2,3)17(26)30-11-33-36(29,34-12-31-18(27)21(4,5)6)32-10-13-7-8-15(35-13)25-9-14(22)16(23)24-19(25)28/h9,13,15,29H,7-8,10-12H2,1-6H3,(H-,23,24,28)/p+1. The quantitative estimate of drug-likeness (QED) is 0.246. The van der Waals surface area contributed by atoms with Crippen LogP contribution >= 0.6 is 19.8 Å². The second kappa shape index (κ2) is 12.1. The Hall–Kier alpha value is -1.86. The number of nitrogen functional groups attached to an aromatic ring is 1. The molecular formula is C21H34ClN3O10P+. The Labute approximate surface area is 214 Å². The zero-order valence-corrected chi connectivity index (χ0v) is 22.8. The van der Waals surface area contributed by atoms with E-state index in [1.54, 1.807) is 41.5 Å². The molecule has 36 heavy (non-hydrogen) atoms. The highest BCUT2D eigenvalue weighted by Gasteiger charge is 2.48. The van der Waals surface area contributed by atoms with Crippen molar-refractivity contribution in [3.8, 4) is 0 Å². The maximum absolute atomic E-state index is 12.1. The molecule has 2 rings (SSSR count). The van der Waals surface area contributed by atoms with Gasteiger partial charge in [0.2, 0.25) is 13.6 Å². The molecule has 2 unspecified atom stereocenters. The highest BCUT2D eigenvalue weighted by Crippen LogP contribution is 2.58. The van der Waals surface area contributed by atoms with Crippen LogP contribution in [0.15, 0.2) is 11.0 Å². The Morgan fingerprint density at radius 3 is 2.14 bits per heavy atom. The predicted molar refractivity (Wildman–Crippen MR) is 129 cm³/mol. The van der Waals surface area contributed by atoms with Gasteiger partial charge in [-0.05, 0) is 54.4 Å². The van der Waals surface area contributed by atoms with Crippen molar-refractivity contribution in [1.82, 2.24) is 9.55 Å². The molecule has 1 fully saturated rings. The van der Waals surface area contributed by atoms with Crippen LogP contribution in [0.2, 0.25) is 5.02 Å². The zero-order valence-electron chi connectivity index (χ0n) is 21.2. The summed E-state index contributed by atoms with van der Waals surface area (Å²) in [5.41, 5.74) is 3.33. The fraction of sp³-hybridized carbons (Fsp3) is 0.714. The van der Waals surface area contributed by atoms with Crippen molar-refractivity contribution in [2.45, 2.75) is 66.7 Å². The van der Waals surface area contributed by atoms with E-state index in [2.05, 4.69) is 4.98 Å². The van der Waals surface area contributed by atoms with Gasteiger partial charge in [-0.2, -0.15) is 14.4 Å². The van der Waals surface area contributed by atoms with Gasteiger partial charge in [-0.25, -0.2) is 4.79 Å². The van der Waals surface area contributed by atoms with Gasteiger partial charge >= 0.3 is 25.8 Å². The number of nitrogens with two attached hydrogens (primary N) is 1. The number of carbonyl (C=O) groups excluding carboxylic acids is 2. The van der Waals surface area contributed by atoms with Crippen molar-refractivity contribution in [1.29, 1.82) is 0 Å². The number of anilines is 1. The lowest BCUT2D eigenvalue weighted by Gasteiger charge is -2.20. The van der Waals surface area contributed by atoms with Gasteiger partial charge in [0.05, 0.1) is 22.0 Å². The first kappa shape index (κ1) is 30.4. The minimum Gasteiger partial charge on any atom is -0.433 e. The van der Waals surface area contributed by atoms with Crippen LogP contribution in [-0.4, -0.2) is 52.7 Å². The summed E-state index contributed by atoms with van der Waals surface area (Å²) in [5.74, 6) is -1.23. The fourth-order valence-electron chi connectivity index (χ4n) is 2.69. The third-order valence-electron chi connectivity index (χ3n) is 4.79. The monoisotopic (exact) mass is 554 g/mol. The molecule has 1 aliphatic rings. The van der Waals surface area contributed by atoms with E-state index in [9.17, 15) is 19.3 Å². The molecule has 2 heterocycles. The highest BCUT2D eigenvalue weighted by atomic mass is 35.5. The molecule has 0 aliphatic carbocycles. The molecule has 1 aromatic heterocycles. The SMILES string of the molecule is CC(C)(C)C(=O)OCO[P+](O)(OCOC(=O)C(C)(C)C)OCC1CCC(n2cc(Cl)c(N)nc2=O)O1. The molecule has 0 bridgehead atoms. The van der Waals surface area contributed by atoms with E-state index in [1.165, 1.54) is 10.8 Å². The summed E-state index contributed by atoms with van der Waals surface area (Å²) in [6, 6.07) is 0. The first-order chi connectivity index (χ1) is 16.5. The van der Waals surface area contributed by atoms with E-state index >= 15 is 0 Å². The lowest BCUT2D eigenvalue weighted by molar-refractivity contribution is -0.165. The molecule has 0 amide bonds.